The Kier molecular flexibility index (Phi) is 6.39. The zero-order valence-electron chi connectivity index (χ0n) is 14.5. The van der Waals surface area contributed by atoms with Gasteiger partial charge in [0.25, 0.3) is 5.91 Å². The quantitative estimate of drug-likeness (QED) is 0.815. The van der Waals surface area contributed by atoms with Crippen LogP contribution in [0.1, 0.15) is 35.2 Å². The van der Waals surface area contributed by atoms with Crippen LogP contribution >= 0.6 is 15.9 Å². The summed E-state index contributed by atoms with van der Waals surface area (Å²) in [7, 11) is 0. The standard InChI is InChI=1S/C20H22BrN3O2/c21-17-5-1-3-15(13-17)6-7-19(25)24-11-8-18(9-12-24)23-20(26)16-4-2-10-22-14-16/h1-5,10,13-14,18H,6-9,11-12H2,(H,23,26). The maximum Gasteiger partial charge on any atom is 0.253 e. The third-order valence-corrected chi connectivity index (χ3v) is 5.12. The van der Waals surface area contributed by atoms with Gasteiger partial charge < -0.3 is 10.2 Å². The Balaban J connectivity index is 1.43. The fourth-order valence-corrected chi connectivity index (χ4v) is 3.59. The summed E-state index contributed by atoms with van der Waals surface area (Å²) in [5.74, 6) is 0.0829. The van der Waals surface area contributed by atoms with Gasteiger partial charge in [-0.1, -0.05) is 28.1 Å². The SMILES string of the molecule is O=C(NC1CCN(C(=O)CCc2cccc(Br)c2)CC1)c1cccnc1. The number of carbonyl (C=O) groups excluding carboxylic acids is 2. The molecule has 26 heavy (non-hydrogen) atoms. The van der Waals surface area contributed by atoms with Crippen LogP contribution in [0.25, 0.3) is 0 Å². The van der Waals surface area contributed by atoms with Crippen molar-refractivity contribution in [1.29, 1.82) is 0 Å². The molecule has 6 heteroatoms. The lowest BCUT2D eigenvalue weighted by Crippen LogP contribution is -2.46. The summed E-state index contributed by atoms with van der Waals surface area (Å²) >= 11 is 3.46. The molecule has 1 aromatic carbocycles. The summed E-state index contributed by atoms with van der Waals surface area (Å²) in [6.45, 7) is 1.38. The number of benzene rings is 1. The highest BCUT2D eigenvalue weighted by Crippen LogP contribution is 2.16. The molecule has 0 unspecified atom stereocenters. The van der Waals surface area contributed by atoms with Crippen LogP contribution in [0, 0.1) is 0 Å². The van der Waals surface area contributed by atoms with Crippen LogP contribution in [-0.2, 0) is 11.2 Å². The molecule has 1 aromatic heterocycles. The van der Waals surface area contributed by atoms with Crippen molar-refractivity contribution in [2.45, 2.75) is 31.7 Å². The second kappa shape index (κ2) is 8.94. The molecule has 3 rings (SSSR count). The molecular formula is C20H22BrN3O2. The molecule has 5 nitrogen and oxygen atoms in total. The van der Waals surface area contributed by atoms with Crippen LogP contribution in [0.15, 0.2) is 53.3 Å². The summed E-state index contributed by atoms with van der Waals surface area (Å²) in [6, 6.07) is 11.7. The lowest BCUT2D eigenvalue weighted by Gasteiger charge is -2.32. The number of hydrogen-bond donors (Lipinski definition) is 1. The second-order valence-corrected chi connectivity index (χ2v) is 7.42. The van der Waals surface area contributed by atoms with Crippen LogP contribution in [-0.4, -0.2) is 40.8 Å². The molecule has 0 aliphatic carbocycles. The lowest BCUT2D eigenvalue weighted by molar-refractivity contribution is -0.132. The van der Waals surface area contributed by atoms with Gasteiger partial charge in [0.05, 0.1) is 5.56 Å². The summed E-state index contributed by atoms with van der Waals surface area (Å²) in [6.07, 6.45) is 6.05. The van der Waals surface area contributed by atoms with Crippen LogP contribution in [0.4, 0.5) is 0 Å². The number of nitrogens with one attached hydrogen (secondary N) is 1. The van der Waals surface area contributed by atoms with Crippen LogP contribution in [0.5, 0.6) is 0 Å². The van der Waals surface area contributed by atoms with E-state index in [-0.39, 0.29) is 17.9 Å². The summed E-state index contributed by atoms with van der Waals surface area (Å²) in [5.41, 5.74) is 1.73. The molecule has 2 heterocycles. The number of aryl methyl sites for hydroxylation is 1. The van der Waals surface area contributed by atoms with Gasteiger partial charge in [0, 0.05) is 42.4 Å². The Bertz CT molecular complexity index is 759. The molecule has 1 saturated heterocycles. The molecule has 0 atom stereocenters. The fraction of sp³-hybridized carbons (Fsp3) is 0.350. The zero-order chi connectivity index (χ0) is 18.4. The fourth-order valence-electron chi connectivity index (χ4n) is 3.14. The zero-order valence-corrected chi connectivity index (χ0v) is 16.1. The minimum atomic E-state index is -0.0995. The number of carbonyl (C=O) groups is 2. The predicted octanol–water partition coefficient (Wildman–Crippen LogP) is 3.20. The van der Waals surface area contributed by atoms with Gasteiger partial charge in [-0.3, -0.25) is 14.6 Å². The van der Waals surface area contributed by atoms with E-state index in [1.807, 2.05) is 29.2 Å². The molecule has 0 radical (unpaired) electrons. The van der Waals surface area contributed by atoms with E-state index in [0.29, 0.717) is 25.1 Å². The normalized spacial score (nSPS) is 14.9. The average Bonchev–Trinajstić information content (AvgIpc) is 2.67. The van der Waals surface area contributed by atoms with Crippen molar-refractivity contribution in [3.05, 3.63) is 64.4 Å². The Morgan fingerprint density at radius 2 is 2.00 bits per heavy atom. The molecule has 0 saturated carbocycles. The molecule has 1 N–H and O–H groups in total. The maximum atomic E-state index is 12.4. The summed E-state index contributed by atoms with van der Waals surface area (Å²) in [4.78, 5) is 30.5. The van der Waals surface area contributed by atoms with Crippen LogP contribution in [0.3, 0.4) is 0 Å². The van der Waals surface area contributed by atoms with Crippen LogP contribution in [0.2, 0.25) is 0 Å². The van der Waals surface area contributed by atoms with Gasteiger partial charge in [0.1, 0.15) is 0 Å². The average molecular weight is 416 g/mol. The number of nitrogens with zero attached hydrogens (tertiary/aromatic N) is 2. The first-order valence-electron chi connectivity index (χ1n) is 8.85. The van der Waals surface area contributed by atoms with E-state index in [9.17, 15) is 9.59 Å². The Labute approximate surface area is 161 Å². The first kappa shape index (κ1) is 18.6. The number of halogens is 1. The Morgan fingerprint density at radius 3 is 2.69 bits per heavy atom. The molecule has 1 aliphatic rings. The molecular weight excluding hydrogens is 394 g/mol. The van der Waals surface area contributed by atoms with Crippen molar-refractivity contribution in [2.75, 3.05) is 13.1 Å². The van der Waals surface area contributed by atoms with E-state index >= 15 is 0 Å². The maximum absolute atomic E-state index is 12.4. The molecule has 1 aliphatic heterocycles. The Hall–Kier alpha value is -2.21. The Morgan fingerprint density at radius 1 is 1.19 bits per heavy atom. The van der Waals surface area contributed by atoms with E-state index in [4.69, 9.17) is 0 Å². The number of amides is 2. The predicted molar refractivity (Wildman–Crippen MR) is 104 cm³/mol. The molecule has 2 aromatic rings. The van der Waals surface area contributed by atoms with Crippen molar-refractivity contribution >= 4 is 27.7 Å². The summed E-state index contributed by atoms with van der Waals surface area (Å²) < 4.78 is 1.03. The summed E-state index contributed by atoms with van der Waals surface area (Å²) in [5, 5.41) is 3.04. The van der Waals surface area contributed by atoms with Gasteiger partial charge in [-0.2, -0.15) is 0 Å². The largest absolute Gasteiger partial charge is 0.349 e. The van der Waals surface area contributed by atoms with E-state index in [1.165, 1.54) is 0 Å². The minimum absolute atomic E-state index is 0.0995. The van der Waals surface area contributed by atoms with Crippen molar-refractivity contribution in [3.8, 4) is 0 Å². The molecule has 2 amide bonds. The number of aromatic nitrogens is 1. The number of hydrogen-bond acceptors (Lipinski definition) is 3. The topological polar surface area (TPSA) is 62.3 Å². The number of likely N-dealkylation sites (tertiary alicyclic amines) is 1. The molecule has 136 valence electrons. The van der Waals surface area contributed by atoms with Gasteiger partial charge in [0.15, 0.2) is 0 Å². The highest BCUT2D eigenvalue weighted by atomic mass is 79.9. The third kappa shape index (κ3) is 5.14. The highest BCUT2D eigenvalue weighted by molar-refractivity contribution is 9.10. The van der Waals surface area contributed by atoms with E-state index in [1.54, 1.807) is 24.5 Å². The van der Waals surface area contributed by atoms with Gasteiger partial charge in [0.2, 0.25) is 5.91 Å². The second-order valence-electron chi connectivity index (χ2n) is 6.50. The molecule has 1 fully saturated rings. The van der Waals surface area contributed by atoms with Crippen molar-refractivity contribution < 1.29 is 9.59 Å². The first-order valence-corrected chi connectivity index (χ1v) is 9.64. The molecule has 0 bridgehead atoms. The van der Waals surface area contributed by atoms with Crippen molar-refractivity contribution in [2.24, 2.45) is 0 Å². The van der Waals surface area contributed by atoms with Gasteiger partial charge in [-0.05, 0) is 49.1 Å². The number of piperidine rings is 1. The van der Waals surface area contributed by atoms with Gasteiger partial charge in [-0.15, -0.1) is 0 Å². The van der Waals surface area contributed by atoms with Crippen molar-refractivity contribution in [1.82, 2.24) is 15.2 Å². The monoisotopic (exact) mass is 415 g/mol. The first-order chi connectivity index (χ1) is 12.6. The van der Waals surface area contributed by atoms with E-state index in [0.717, 1.165) is 29.3 Å². The van der Waals surface area contributed by atoms with Gasteiger partial charge >= 0.3 is 0 Å². The van der Waals surface area contributed by atoms with Crippen molar-refractivity contribution in [3.63, 3.8) is 0 Å². The number of pyridine rings is 1. The smallest absolute Gasteiger partial charge is 0.253 e. The van der Waals surface area contributed by atoms with Gasteiger partial charge in [-0.25, -0.2) is 0 Å². The van der Waals surface area contributed by atoms with E-state index < -0.39 is 0 Å². The number of rotatable bonds is 5. The minimum Gasteiger partial charge on any atom is -0.349 e. The van der Waals surface area contributed by atoms with Crippen LogP contribution < -0.4 is 5.32 Å². The molecule has 0 spiro atoms. The van der Waals surface area contributed by atoms with E-state index in [2.05, 4.69) is 26.2 Å². The lowest BCUT2D eigenvalue weighted by atomic mass is 10.0. The third-order valence-electron chi connectivity index (χ3n) is 4.62. The highest BCUT2D eigenvalue weighted by Gasteiger charge is 2.24.